The lowest BCUT2D eigenvalue weighted by Crippen LogP contribution is -2.46. The number of primary amides is 1. The van der Waals surface area contributed by atoms with E-state index in [1.807, 2.05) is 0 Å². The van der Waals surface area contributed by atoms with Crippen LogP contribution in [-0.2, 0) is 16.1 Å². The van der Waals surface area contributed by atoms with Crippen LogP contribution in [0.4, 0.5) is 0 Å². The number of nitrogens with zero attached hydrogens (tertiary/aromatic N) is 1. The number of carboxylic acids is 1. The number of fused-ring (bicyclic) bond motifs is 1. The summed E-state index contributed by atoms with van der Waals surface area (Å²) in [6, 6.07) is 1.78. The van der Waals surface area contributed by atoms with E-state index < -0.39 is 29.7 Å². The van der Waals surface area contributed by atoms with Crippen molar-refractivity contribution >= 4 is 29.4 Å². The van der Waals surface area contributed by atoms with Gasteiger partial charge in [0.05, 0.1) is 17.5 Å². The van der Waals surface area contributed by atoms with Gasteiger partial charge in [-0.25, -0.2) is 0 Å². The zero-order chi connectivity index (χ0) is 16.6. The molecule has 1 aliphatic rings. The molecule has 1 heterocycles. The van der Waals surface area contributed by atoms with Gasteiger partial charge in [-0.15, -0.1) is 0 Å². The molecule has 22 heavy (non-hydrogen) atoms. The van der Waals surface area contributed by atoms with Crippen molar-refractivity contribution < 1.29 is 24.6 Å². The molecule has 0 saturated heterocycles. The third-order valence-corrected chi connectivity index (χ3v) is 4.06. The highest BCUT2D eigenvalue weighted by atomic mass is 35.5. The van der Waals surface area contributed by atoms with Crippen molar-refractivity contribution in [2.45, 2.75) is 25.9 Å². The summed E-state index contributed by atoms with van der Waals surface area (Å²) in [4.78, 5) is 36.1. The molecule has 2 atom stereocenters. The number of amides is 2. The molecule has 0 spiro atoms. The SMILES string of the molecule is CC(CC(C(N)=O)N1Cc2c(ccc(Cl)c2O)C1=O)C(=O)O. The standard InChI is InChI=1S/C14H15ClN2O5/c1-6(14(21)22)4-10(12(16)19)17-5-8-7(13(17)20)2-3-9(15)11(8)18/h2-3,6,10,18H,4-5H2,1H3,(H2,16,19)(H,21,22). The van der Waals surface area contributed by atoms with Gasteiger partial charge in [0.15, 0.2) is 0 Å². The molecular formula is C14H15ClN2O5. The van der Waals surface area contributed by atoms with Gasteiger partial charge in [-0.2, -0.15) is 0 Å². The average molecular weight is 327 g/mol. The highest BCUT2D eigenvalue weighted by molar-refractivity contribution is 6.32. The van der Waals surface area contributed by atoms with Crippen LogP contribution in [0, 0.1) is 5.92 Å². The van der Waals surface area contributed by atoms with E-state index in [9.17, 15) is 19.5 Å². The Bertz CT molecular complexity index is 661. The number of carbonyl (C=O) groups is 3. The van der Waals surface area contributed by atoms with Crippen LogP contribution in [-0.4, -0.2) is 38.9 Å². The largest absolute Gasteiger partial charge is 0.506 e. The summed E-state index contributed by atoms with van der Waals surface area (Å²) < 4.78 is 0. The molecule has 1 aromatic rings. The van der Waals surface area contributed by atoms with Crippen molar-refractivity contribution in [2.75, 3.05) is 0 Å². The van der Waals surface area contributed by atoms with Gasteiger partial charge in [0.2, 0.25) is 5.91 Å². The van der Waals surface area contributed by atoms with E-state index in [1.165, 1.54) is 24.0 Å². The Hall–Kier alpha value is -2.28. The lowest BCUT2D eigenvalue weighted by molar-refractivity contribution is -0.142. The second-order valence-corrected chi connectivity index (χ2v) is 5.66. The highest BCUT2D eigenvalue weighted by Gasteiger charge is 2.38. The first-order valence-corrected chi connectivity index (χ1v) is 6.95. The molecule has 0 saturated carbocycles. The van der Waals surface area contributed by atoms with Gasteiger partial charge in [0.25, 0.3) is 5.91 Å². The van der Waals surface area contributed by atoms with E-state index in [2.05, 4.69) is 0 Å². The van der Waals surface area contributed by atoms with Crippen LogP contribution in [0.3, 0.4) is 0 Å². The van der Waals surface area contributed by atoms with Gasteiger partial charge in [-0.05, 0) is 18.6 Å². The molecule has 4 N–H and O–H groups in total. The van der Waals surface area contributed by atoms with E-state index in [1.54, 1.807) is 0 Å². The third-order valence-electron chi connectivity index (χ3n) is 3.76. The molecular weight excluding hydrogens is 312 g/mol. The number of aliphatic carboxylic acids is 1. The first kappa shape index (κ1) is 16.1. The Morgan fingerprint density at radius 1 is 1.45 bits per heavy atom. The molecule has 8 heteroatoms. The lowest BCUT2D eigenvalue weighted by atomic mass is 10.0. The van der Waals surface area contributed by atoms with E-state index in [0.29, 0.717) is 5.56 Å². The smallest absolute Gasteiger partial charge is 0.306 e. The Morgan fingerprint density at radius 3 is 2.64 bits per heavy atom. The fraction of sp³-hybridized carbons (Fsp3) is 0.357. The third kappa shape index (κ3) is 2.71. The van der Waals surface area contributed by atoms with Crippen molar-refractivity contribution in [3.05, 3.63) is 28.3 Å². The van der Waals surface area contributed by atoms with Crippen LogP contribution in [0.5, 0.6) is 5.75 Å². The summed E-state index contributed by atoms with van der Waals surface area (Å²) in [6.07, 6.45) is -0.0983. The second kappa shape index (κ2) is 5.84. The maximum Gasteiger partial charge on any atom is 0.306 e. The van der Waals surface area contributed by atoms with Crippen LogP contribution in [0.15, 0.2) is 12.1 Å². The molecule has 1 aromatic carbocycles. The van der Waals surface area contributed by atoms with Crippen LogP contribution in [0.2, 0.25) is 5.02 Å². The minimum atomic E-state index is -1.08. The number of halogens is 1. The zero-order valence-corrected chi connectivity index (χ0v) is 12.5. The quantitative estimate of drug-likeness (QED) is 0.744. The maximum atomic E-state index is 12.4. The van der Waals surface area contributed by atoms with Crippen molar-refractivity contribution in [2.24, 2.45) is 11.7 Å². The number of rotatable bonds is 5. The average Bonchev–Trinajstić information content (AvgIpc) is 2.77. The number of aromatic hydroxyl groups is 1. The molecule has 2 amide bonds. The molecule has 0 aromatic heterocycles. The Labute approximate surface area is 131 Å². The van der Waals surface area contributed by atoms with Gasteiger partial charge in [0, 0.05) is 11.1 Å². The zero-order valence-electron chi connectivity index (χ0n) is 11.7. The molecule has 1 aliphatic heterocycles. The molecule has 118 valence electrons. The minimum Gasteiger partial charge on any atom is -0.506 e. The van der Waals surface area contributed by atoms with E-state index in [-0.39, 0.29) is 29.3 Å². The van der Waals surface area contributed by atoms with Crippen LogP contribution in [0.25, 0.3) is 0 Å². The molecule has 0 aliphatic carbocycles. The number of phenolic OH excluding ortho intramolecular Hbond substituents is 1. The molecule has 2 rings (SSSR count). The normalized spacial score (nSPS) is 16.3. The fourth-order valence-electron chi connectivity index (χ4n) is 2.45. The van der Waals surface area contributed by atoms with Gasteiger partial charge < -0.3 is 20.8 Å². The van der Waals surface area contributed by atoms with Gasteiger partial charge in [-0.1, -0.05) is 18.5 Å². The Kier molecular flexibility index (Phi) is 4.27. The molecule has 0 bridgehead atoms. The van der Waals surface area contributed by atoms with Crippen molar-refractivity contribution in [3.63, 3.8) is 0 Å². The molecule has 2 unspecified atom stereocenters. The van der Waals surface area contributed by atoms with Crippen LogP contribution < -0.4 is 5.73 Å². The number of phenols is 1. The monoisotopic (exact) mass is 326 g/mol. The fourth-order valence-corrected chi connectivity index (χ4v) is 2.63. The predicted octanol–water partition coefficient (Wildman–Crippen LogP) is 0.966. The Balaban J connectivity index is 2.32. The number of nitrogens with two attached hydrogens (primary N) is 1. The van der Waals surface area contributed by atoms with E-state index >= 15 is 0 Å². The second-order valence-electron chi connectivity index (χ2n) is 5.25. The van der Waals surface area contributed by atoms with Crippen molar-refractivity contribution in [1.82, 2.24) is 4.90 Å². The number of hydrogen-bond donors (Lipinski definition) is 3. The van der Waals surface area contributed by atoms with Crippen LogP contribution >= 0.6 is 11.6 Å². The van der Waals surface area contributed by atoms with Crippen LogP contribution in [0.1, 0.15) is 29.3 Å². The summed E-state index contributed by atoms with van der Waals surface area (Å²) in [5.74, 6) is -3.42. The van der Waals surface area contributed by atoms with Gasteiger partial charge in [-0.3, -0.25) is 14.4 Å². The van der Waals surface area contributed by atoms with Crippen molar-refractivity contribution in [3.8, 4) is 5.75 Å². The maximum absolute atomic E-state index is 12.4. The summed E-state index contributed by atoms with van der Waals surface area (Å²) >= 11 is 5.81. The van der Waals surface area contributed by atoms with Gasteiger partial charge in [0.1, 0.15) is 11.8 Å². The number of benzene rings is 1. The van der Waals surface area contributed by atoms with E-state index in [0.717, 1.165) is 0 Å². The summed E-state index contributed by atoms with van der Waals surface area (Å²) in [6.45, 7) is 1.39. The minimum absolute atomic E-state index is 0.0412. The first-order chi connectivity index (χ1) is 10.2. The topological polar surface area (TPSA) is 121 Å². The summed E-state index contributed by atoms with van der Waals surface area (Å²) in [7, 11) is 0. The summed E-state index contributed by atoms with van der Waals surface area (Å²) in [5.41, 5.74) is 5.86. The Morgan fingerprint density at radius 2 is 2.09 bits per heavy atom. The first-order valence-electron chi connectivity index (χ1n) is 6.57. The number of carboxylic acid groups (broad SMARTS) is 1. The molecule has 0 fully saturated rings. The predicted molar refractivity (Wildman–Crippen MR) is 77.4 cm³/mol. The molecule has 7 nitrogen and oxygen atoms in total. The number of carbonyl (C=O) groups excluding carboxylic acids is 2. The van der Waals surface area contributed by atoms with E-state index in [4.69, 9.17) is 22.4 Å². The number of hydrogen-bond acceptors (Lipinski definition) is 4. The molecule has 0 radical (unpaired) electrons. The summed E-state index contributed by atoms with van der Waals surface area (Å²) in [5, 5.41) is 19.0. The highest BCUT2D eigenvalue weighted by Crippen LogP contribution is 2.37. The van der Waals surface area contributed by atoms with Crippen molar-refractivity contribution in [1.29, 1.82) is 0 Å². The van der Waals surface area contributed by atoms with Gasteiger partial charge >= 0.3 is 5.97 Å². The lowest BCUT2D eigenvalue weighted by Gasteiger charge is -2.26.